The van der Waals surface area contributed by atoms with Crippen molar-refractivity contribution in [3.63, 3.8) is 0 Å². The molecule has 1 amide bonds. The number of hydrogen-bond donors (Lipinski definition) is 0. The van der Waals surface area contributed by atoms with Gasteiger partial charge in [0.1, 0.15) is 5.69 Å². The maximum Gasteiger partial charge on any atom is 0.272 e. The summed E-state index contributed by atoms with van der Waals surface area (Å²) >= 11 is 0. The van der Waals surface area contributed by atoms with Crippen molar-refractivity contribution in [2.75, 3.05) is 13.1 Å². The molecule has 152 valence electrons. The zero-order valence-electron chi connectivity index (χ0n) is 17.5. The van der Waals surface area contributed by atoms with Crippen molar-refractivity contribution < 1.29 is 4.79 Å². The van der Waals surface area contributed by atoms with Crippen LogP contribution in [-0.2, 0) is 0 Å². The summed E-state index contributed by atoms with van der Waals surface area (Å²) in [5.74, 6) is -0.00834. The molecule has 4 rings (SSSR count). The summed E-state index contributed by atoms with van der Waals surface area (Å²) in [5.41, 5.74) is 4.78. The summed E-state index contributed by atoms with van der Waals surface area (Å²) in [6.07, 6.45) is 1.83. The van der Waals surface area contributed by atoms with Crippen molar-refractivity contribution in [3.05, 3.63) is 78.5 Å². The van der Waals surface area contributed by atoms with Gasteiger partial charge in [-0.1, -0.05) is 74.5 Å². The van der Waals surface area contributed by atoms with Crippen molar-refractivity contribution in [2.24, 2.45) is 0 Å². The molecule has 0 saturated heterocycles. The summed E-state index contributed by atoms with van der Waals surface area (Å²) in [7, 11) is 0. The van der Waals surface area contributed by atoms with Gasteiger partial charge >= 0.3 is 0 Å². The standard InChI is InChI=1S/C25H26N4O/c1-3-15-28(16-4-2)25(30)23-17-21(19-11-7-5-8-12-19)26-24-18-22(27-29(23)24)20-13-9-6-10-14-20/h5-14,17-18H,3-4,15-16H2,1-2H3. The van der Waals surface area contributed by atoms with Gasteiger partial charge in [-0.3, -0.25) is 4.79 Å². The minimum Gasteiger partial charge on any atom is -0.337 e. The van der Waals surface area contributed by atoms with Gasteiger partial charge in [-0.15, -0.1) is 0 Å². The van der Waals surface area contributed by atoms with Crippen molar-refractivity contribution in [1.82, 2.24) is 19.5 Å². The number of hydrogen-bond acceptors (Lipinski definition) is 3. The molecule has 5 heteroatoms. The Labute approximate surface area is 177 Å². The van der Waals surface area contributed by atoms with E-state index < -0.39 is 0 Å². The first kappa shape index (κ1) is 19.8. The minimum absolute atomic E-state index is 0.00834. The van der Waals surface area contributed by atoms with E-state index in [1.54, 1.807) is 4.52 Å². The van der Waals surface area contributed by atoms with Crippen LogP contribution in [0.2, 0.25) is 0 Å². The Morgan fingerprint density at radius 1 is 0.833 bits per heavy atom. The number of carbonyl (C=O) groups excluding carboxylic acids is 1. The van der Waals surface area contributed by atoms with E-state index in [-0.39, 0.29) is 5.91 Å². The molecule has 0 fully saturated rings. The maximum absolute atomic E-state index is 13.5. The van der Waals surface area contributed by atoms with Crippen molar-refractivity contribution in [3.8, 4) is 22.5 Å². The second-order valence-electron chi connectivity index (χ2n) is 7.35. The van der Waals surface area contributed by atoms with E-state index in [0.717, 1.165) is 48.4 Å². The van der Waals surface area contributed by atoms with E-state index in [0.29, 0.717) is 11.3 Å². The van der Waals surface area contributed by atoms with Crippen LogP contribution >= 0.6 is 0 Å². The first-order chi connectivity index (χ1) is 14.7. The summed E-state index contributed by atoms with van der Waals surface area (Å²) in [4.78, 5) is 20.2. The Bertz CT molecular complexity index is 1130. The molecule has 0 spiro atoms. The van der Waals surface area contributed by atoms with Crippen LogP contribution in [0, 0.1) is 0 Å². The summed E-state index contributed by atoms with van der Waals surface area (Å²) in [5, 5.41) is 4.75. The van der Waals surface area contributed by atoms with Crippen molar-refractivity contribution in [2.45, 2.75) is 26.7 Å². The monoisotopic (exact) mass is 398 g/mol. The van der Waals surface area contributed by atoms with Gasteiger partial charge in [-0.05, 0) is 18.9 Å². The molecule has 0 aliphatic rings. The van der Waals surface area contributed by atoms with Gasteiger partial charge in [0, 0.05) is 30.3 Å². The molecule has 2 heterocycles. The van der Waals surface area contributed by atoms with Crippen molar-refractivity contribution in [1.29, 1.82) is 0 Å². The Morgan fingerprint density at radius 2 is 1.40 bits per heavy atom. The SMILES string of the molecule is CCCN(CCC)C(=O)c1cc(-c2ccccc2)nc2cc(-c3ccccc3)nn12. The lowest BCUT2D eigenvalue weighted by atomic mass is 10.1. The van der Waals surface area contributed by atoms with Crippen LogP contribution in [0.25, 0.3) is 28.2 Å². The maximum atomic E-state index is 13.5. The largest absolute Gasteiger partial charge is 0.337 e. The normalized spacial score (nSPS) is 11.0. The van der Waals surface area contributed by atoms with Gasteiger partial charge < -0.3 is 4.90 Å². The van der Waals surface area contributed by atoms with E-state index >= 15 is 0 Å². The Morgan fingerprint density at radius 3 is 1.97 bits per heavy atom. The molecule has 30 heavy (non-hydrogen) atoms. The molecule has 4 aromatic rings. The van der Waals surface area contributed by atoms with Crippen LogP contribution in [0.1, 0.15) is 37.2 Å². The number of nitrogens with zero attached hydrogens (tertiary/aromatic N) is 4. The molecule has 2 aromatic carbocycles. The zero-order chi connectivity index (χ0) is 20.9. The lowest BCUT2D eigenvalue weighted by molar-refractivity contribution is 0.0746. The predicted molar refractivity (Wildman–Crippen MR) is 120 cm³/mol. The van der Waals surface area contributed by atoms with Gasteiger partial charge in [0.05, 0.1) is 11.4 Å². The topological polar surface area (TPSA) is 50.5 Å². The van der Waals surface area contributed by atoms with Crippen LogP contribution in [0.15, 0.2) is 72.8 Å². The zero-order valence-corrected chi connectivity index (χ0v) is 17.5. The summed E-state index contributed by atoms with van der Waals surface area (Å²) in [6.45, 7) is 5.64. The van der Waals surface area contributed by atoms with E-state index in [1.165, 1.54) is 0 Å². The third-order valence-electron chi connectivity index (χ3n) is 5.06. The molecule has 0 unspecified atom stereocenters. The number of amides is 1. The highest BCUT2D eigenvalue weighted by Gasteiger charge is 2.21. The van der Waals surface area contributed by atoms with Crippen molar-refractivity contribution >= 4 is 11.6 Å². The molecular formula is C25H26N4O. The molecule has 0 atom stereocenters. The highest BCUT2D eigenvalue weighted by Crippen LogP contribution is 2.24. The molecule has 0 radical (unpaired) electrons. The Kier molecular flexibility index (Phi) is 5.89. The van der Waals surface area contributed by atoms with Crippen LogP contribution in [0.5, 0.6) is 0 Å². The van der Waals surface area contributed by atoms with Crippen LogP contribution < -0.4 is 0 Å². The van der Waals surface area contributed by atoms with E-state index in [9.17, 15) is 4.79 Å². The smallest absolute Gasteiger partial charge is 0.272 e. The van der Waals surface area contributed by atoms with Crippen LogP contribution in [0.3, 0.4) is 0 Å². The van der Waals surface area contributed by atoms with Gasteiger partial charge in [0.15, 0.2) is 5.65 Å². The molecule has 5 nitrogen and oxygen atoms in total. The molecule has 0 aliphatic heterocycles. The Balaban J connectivity index is 1.89. The van der Waals surface area contributed by atoms with E-state index in [4.69, 9.17) is 10.1 Å². The second kappa shape index (κ2) is 8.91. The highest BCUT2D eigenvalue weighted by molar-refractivity contribution is 5.94. The second-order valence-corrected chi connectivity index (χ2v) is 7.35. The van der Waals surface area contributed by atoms with Gasteiger partial charge in [-0.25, -0.2) is 9.50 Å². The van der Waals surface area contributed by atoms with Crippen LogP contribution in [-0.4, -0.2) is 38.5 Å². The fourth-order valence-electron chi connectivity index (χ4n) is 3.65. The minimum atomic E-state index is -0.00834. The fourth-order valence-corrected chi connectivity index (χ4v) is 3.65. The van der Waals surface area contributed by atoms with Gasteiger partial charge in [-0.2, -0.15) is 5.10 Å². The average Bonchev–Trinajstić information content (AvgIpc) is 3.23. The molecule has 0 aliphatic carbocycles. The number of aromatic nitrogens is 3. The predicted octanol–water partition coefficient (Wildman–Crippen LogP) is 5.33. The first-order valence-corrected chi connectivity index (χ1v) is 10.5. The third-order valence-corrected chi connectivity index (χ3v) is 5.06. The lowest BCUT2D eigenvalue weighted by Crippen LogP contribution is -2.34. The van der Waals surface area contributed by atoms with Gasteiger partial charge in [0.25, 0.3) is 5.91 Å². The van der Waals surface area contributed by atoms with E-state index in [2.05, 4.69) is 13.8 Å². The fraction of sp³-hybridized carbons (Fsp3) is 0.240. The Hall–Kier alpha value is -3.47. The summed E-state index contributed by atoms with van der Waals surface area (Å²) < 4.78 is 1.69. The quantitative estimate of drug-likeness (QED) is 0.423. The summed E-state index contributed by atoms with van der Waals surface area (Å²) in [6, 6.07) is 23.8. The number of carbonyl (C=O) groups is 1. The average molecular weight is 399 g/mol. The van der Waals surface area contributed by atoms with E-state index in [1.807, 2.05) is 77.7 Å². The number of benzene rings is 2. The van der Waals surface area contributed by atoms with Crippen LogP contribution in [0.4, 0.5) is 0 Å². The molecule has 0 N–H and O–H groups in total. The molecule has 0 bridgehead atoms. The third kappa shape index (κ3) is 3.96. The lowest BCUT2D eigenvalue weighted by Gasteiger charge is -2.22. The first-order valence-electron chi connectivity index (χ1n) is 10.5. The number of fused-ring (bicyclic) bond motifs is 1. The molecular weight excluding hydrogens is 372 g/mol. The highest BCUT2D eigenvalue weighted by atomic mass is 16.2. The van der Waals surface area contributed by atoms with Gasteiger partial charge in [0.2, 0.25) is 0 Å². The number of rotatable bonds is 7. The molecule has 0 saturated carbocycles. The molecule has 2 aromatic heterocycles.